The molecule has 0 bridgehead atoms. The summed E-state index contributed by atoms with van der Waals surface area (Å²) in [6.45, 7) is 11.7. The molecule has 19 heteroatoms. The van der Waals surface area contributed by atoms with E-state index in [-0.39, 0.29) is 25.7 Å². The summed E-state index contributed by atoms with van der Waals surface area (Å²) in [6.07, 6.45) is 41.8. The van der Waals surface area contributed by atoms with Crippen molar-refractivity contribution in [1.29, 1.82) is 0 Å². The van der Waals surface area contributed by atoms with E-state index in [0.717, 1.165) is 108 Å². The molecule has 0 saturated carbocycles. The molecule has 0 saturated heterocycles. The Morgan fingerprint density at radius 3 is 0.782 bits per heavy atom. The maximum absolute atomic E-state index is 13.0. The van der Waals surface area contributed by atoms with E-state index in [1.807, 2.05) is 0 Å². The van der Waals surface area contributed by atoms with E-state index in [2.05, 4.69) is 48.5 Å². The molecule has 0 spiro atoms. The van der Waals surface area contributed by atoms with Gasteiger partial charge in [0.2, 0.25) is 0 Å². The lowest BCUT2D eigenvalue weighted by Crippen LogP contribution is -2.30. The number of esters is 4. The van der Waals surface area contributed by atoms with Gasteiger partial charge in [-0.1, -0.05) is 286 Å². The van der Waals surface area contributed by atoms with E-state index < -0.39 is 97.5 Å². The normalized spacial score (nSPS) is 14.3. The van der Waals surface area contributed by atoms with Crippen LogP contribution in [0.4, 0.5) is 0 Å². The SMILES string of the molecule is CCCCCCCCCCCCCCC(=O)OC[C@H](COP(=O)(O)OC[C@@H](O)COP(=O)(O)OC[C@@H](COC(=O)CCCCCCCCC(C)C)OC(=O)CCCCCCCCCCC(C)C)OC(=O)CCCCCCCCCCCCCCC(C)C. The van der Waals surface area contributed by atoms with Gasteiger partial charge in [0.1, 0.15) is 19.3 Å². The lowest BCUT2D eigenvalue weighted by atomic mass is 10.0. The topological polar surface area (TPSA) is 237 Å². The minimum absolute atomic E-state index is 0.103. The van der Waals surface area contributed by atoms with Crippen LogP contribution in [0.3, 0.4) is 0 Å². The fourth-order valence-corrected chi connectivity index (χ4v) is 11.8. The van der Waals surface area contributed by atoms with E-state index in [4.69, 9.17) is 37.0 Å². The molecule has 0 rings (SSSR count). The van der Waals surface area contributed by atoms with Crippen LogP contribution in [0.5, 0.6) is 0 Å². The molecular formula is C68H132O17P2. The number of phosphoric acid groups is 2. The first-order valence-corrected chi connectivity index (χ1v) is 38.3. The number of aliphatic hydroxyl groups is 1. The third kappa shape index (κ3) is 62.6. The Kier molecular flexibility index (Phi) is 57.8. The Balaban J connectivity index is 5.24. The van der Waals surface area contributed by atoms with Gasteiger partial charge in [-0.25, -0.2) is 9.13 Å². The molecule has 87 heavy (non-hydrogen) atoms. The van der Waals surface area contributed by atoms with Gasteiger partial charge in [0.05, 0.1) is 26.4 Å². The third-order valence-electron chi connectivity index (χ3n) is 15.6. The summed E-state index contributed by atoms with van der Waals surface area (Å²) in [5, 5.41) is 10.6. The monoisotopic (exact) mass is 1280 g/mol. The number of unbranched alkanes of at least 4 members (excludes halogenated alkanes) is 34. The second-order valence-electron chi connectivity index (χ2n) is 26.0. The zero-order valence-electron chi connectivity index (χ0n) is 56.5. The molecule has 2 unspecified atom stereocenters. The number of hydrogen-bond acceptors (Lipinski definition) is 15. The van der Waals surface area contributed by atoms with Crippen molar-refractivity contribution in [2.24, 2.45) is 17.8 Å². The summed E-state index contributed by atoms with van der Waals surface area (Å²) in [7, 11) is -9.90. The van der Waals surface area contributed by atoms with Crippen LogP contribution in [-0.2, 0) is 65.4 Å². The first-order valence-electron chi connectivity index (χ1n) is 35.3. The predicted molar refractivity (Wildman–Crippen MR) is 349 cm³/mol. The van der Waals surface area contributed by atoms with E-state index in [1.54, 1.807) is 0 Å². The molecule has 0 aliphatic rings. The highest BCUT2D eigenvalue weighted by atomic mass is 31.2. The summed E-state index contributed by atoms with van der Waals surface area (Å²) in [5.41, 5.74) is 0. The summed E-state index contributed by atoms with van der Waals surface area (Å²) in [4.78, 5) is 72.4. The highest BCUT2D eigenvalue weighted by Crippen LogP contribution is 2.45. The smallest absolute Gasteiger partial charge is 0.462 e. The Morgan fingerprint density at radius 2 is 0.529 bits per heavy atom. The van der Waals surface area contributed by atoms with Crippen molar-refractivity contribution in [3.8, 4) is 0 Å². The quantitative estimate of drug-likeness (QED) is 0.0222. The Hall–Kier alpha value is -1.94. The van der Waals surface area contributed by atoms with Gasteiger partial charge in [0.15, 0.2) is 12.2 Å². The molecule has 0 aliphatic heterocycles. The molecule has 0 aromatic rings. The number of rotatable bonds is 66. The molecule has 0 aliphatic carbocycles. The minimum atomic E-state index is -4.95. The van der Waals surface area contributed by atoms with Crippen LogP contribution in [0.25, 0.3) is 0 Å². The first-order chi connectivity index (χ1) is 41.7. The lowest BCUT2D eigenvalue weighted by Gasteiger charge is -2.21. The first kappa shape index (κ1) is 85.1. The van der Waals surface area contributed by atoms with Crippen molar-refractivity contribution in [2.75, 3.05) is 39.6 Å². The molecule has 0 heterocycles. The highest BCUT2D eigenvalue weighted by Gasteiger charge is 2.30. The zero-order chi connectivity index (χ0) is 64.5. The second kappa shape index (κ2) is 59.1. The third-order valence-corrected chi connectivity index (χ3v) is 17.5. The average molecular weight is 1280 g/mol. The van der Waals surface area contributed by atoms with Crippen molar-refractivity contribution in [3.05, 3.63) is 0 Å². The second-order valence-corrected chi connectivity index (χ2v) is 28.9. The Bertz CT molecular complexity index is 1720. The number of carbonyl (C=O) groups is 4. The highest BCUT2D eigenvalue weighted by molar-refractivity contribution is 7.47. The number of aliphatic hydroxyl groups excluding tert-OH is 1. The Labute approximate surface area is 530 Å². The van der Waals surface area contributed by atoms with Crippen LogP contribution in [0.2, 0.25) is 0 Å². The van der Waals surface area contributed by atoms with Crippen LogP contribution >= 0.6 is 15.6 Å². The molecular weight excluding hydrogens is 1150 g/mol. The van der Waals surface area contributed by atoms with Gasteiger partial charge < -0.3 is 33.8 Å². The summed E-state index contributed by atoms with van der Waals surface area (Å²) in [6, 6.07) is 0. The van der Waals surface area contributed by atoms with Gasteiger partial charge >= 0.3 is 39.5 Å². The number of carbonyl (C=O) groups excluding carboxylic acids is 4. The van der Waals surface area contributed by atoms with Gasteiger partial charge in [-0.3, -0.25) is 37.3 Å². The zero-order valence-corrected chi connectivity index (χ0v) is 58.3. The van der Waals surface area contributed by atoms with Crippen LogP contribution in [-0.4, -0.2) is 96.7 Å². The van der Waals surface area contributed by atoms with Crippen molar-refractivity contribution < 1.29 is 80.2 Å². The molecule has 3 N–H and O–H groups in total. The van der Waals surface area contributed by atoms with Gasteiger partial charge in [-0.2, -0.15) is 0 Å². The average Bonchev–Trinajstić information content (AvgIpc) is 3.64. The molecule has 0 aromatic carbocycles. The van der Waals surface area contributed by atoms with Gasteiger partial charge in [-0.15, -0.1) is 0 Å². The van der Waals surface area contributed by atoms with Crippen LogP contribution in [0, 0.1) is 17.8 Å². The predicted octanol–water partition coefficient (Wildman–Crippen LogP) is 19.1. The van der Waals surface area contributed by atoms with E-state index in [0.29, 0.717) is 31.6 Å². The fraction of sp³-hybridized carbons (Fsp3) is 0.941. The molecule has 0 amide bonds. The molecule has 0 fully saturated rings. The molecule has 5 atom stereocenters. The fourth-order valence-electron chi connectivity index (χ4n) is 10.2. The lowest BCUT2D eigenvalue weighted by molar-refractivity contribution is -0.161. The molecule has 0 aromatic heterocycles. The van der Waals surface area contributed by atoms with Gasteiger partial charge in [-0.05, 0) is 43.4 Å². The van der Waals surface area contributed by atoms with E-state index in [9.17, 15) is 43.2 Å². The number of phosphoric ester groups is 2. The van der Waals surface area contributed by atoms with Crippen molar-refractivity contribution >= 4 is 39.5 Å². The molecule has 0 radical (unpaired) electrons. The standard InChI is InChI=1S/C68H132O17P2/c1-8-9-10-11-12-13-14-18-21-27-35-42-49-65(70)78-55-63(84-67(72)51-44-37-28-22-19-16-15-17-20-25-32-39-46-59(2)3)57-82-86(74,75)80-53-62(69)54-81-87(76,77)83-58-64(56-79-66(71)50-43-36-31-30-34-41-48-61(6)7)85-68(73)52-45-38-29-24-23-26-33-40-47-60(4)5/h59-64,69H,8-58H2,1-7H3,(H,74,75)(H,76,77)/t62-,63-,64-/m1/s1. The minimum Gasteiger partial charge on any atom is -0.462 e. The van der Waals surface area contributed by atoms with Crippen molar-refractivity contribution in [2.45, 2.75) is 356 Å². The number of ether oxygens (including phenoxy) is 4. The largest absolute Gasteiger partial charge is 0.472 e. The van der Waals surface area contributed by atoms with Crippen LogP contribution in [0.1, 0.15) is 337 Å². The molecule has 516 valence electrons. The van der Waals surface area contributed by atoms with Gasteiger partial charge in [0, 0.05) is 25.7 Å². The Morgan fingerprint density at radius 1 is 0.310 bits per heavy atom. The maximum Gasteiger partial charge on any atom is 0.472 e. The van der Waals surface area contributed by atoms with Crippen LogP contribution in [0.15, 0.2) is 0 Å². The maximum atomic E-state index is 13.0. The van der Waals surface area contributed by atoms with Crippen molar-refractivity contribution in [1.82, 2.24) is 0 Å². The summed E-state index contributed by atoms with van der Waals surface area (Å²) in [5.74, 6) is 0.0428. The van der Waals surface area contributed by atoms with Crippen LogP contribution < -0.4 is 0 Å². The van der Waals surface area contributed by atoms with E-state index >= 15 is 0 Å². The molecule has 17 nitrogen and oxygen atoms in total. The van der Waals surface area contributed by atoms with Gasteiger partial charge in [0.25, 0.3) is 0 Å². The summed E-state index contributed by atoms with van der Waals surface area (Å²) >= 11 is 0. The summed E-state index contributed by atoms with van der Waals surface area (Å²) < 4.78 is 68.2. The van der Waals surface area contributed by atoms with Crippen molar-refractivity contribution in [3.63, 3.8) is 0 Å². The van der Waals surface area contributed by atoms with E-state index in [1.165, 1.54) is 141 Å². The number of hydrogen-bond donors (Lipinski definition) is 3.